The normalized spacial score (nSPS) is 14.8. The lowest BCUT2D eigenvalue weighted by atomic mass is 10.1. The summed E-state index contributed by atoms with van der Waals surface area (Å²) in [6, 6.07) is 0. The number of rotatable bonds is 6. The first kappa shape index (κ1) is 13.9. The van der Waals surface area contributed by atoms with E-state index in [1.54, 1.807) is 0 Å². The molecule has 2 heteroatoms. The van der Waals surface area contributed by atoms with Gasteiger partial charge in [-0.05, 0) is 47.0 Å². The molecular formula is C12H26O2. The minimum absolute atomic E-state index is 0.0207. The van der Waals surface area contributed by atoms with E-state index < -0.39 is 0 Å². The van der Waals surface area contributed by atoms with Crippen molar-refractivity contribution in [3.63, 3.8) is 0 Å². The van der Waals surface area contributed by atoms with Crippen molar-refractivity contribution in [2.24, 2.45) is 5.92 Å². The third kappa shape index (κ3) is 10.0. The lowest BCUT2D eigenvalue weighted by Gasteiger charge is -2.22. The summed E-state index contributed by atoms with van der Waals surface area (Å²) in [4.78, 5) is 0. The number of hydrogen-bond acceptors (Lipinski definition) is 2. The third-order valence-corrected chi connectivity index (χ3v) is 1.86. The van der Waals surface area contributed by atoms with E-state index in [4.69, 9.17) is 9.47 Å². The molecule has 0 spiro atoms. The molecule has 0 fully saturated rings. The first-order valence-electron chi connectivity index (χ1n) is 5.57. The van der Waals surface area contributed by atoms with Crippen molar-refractivity contribution in [1.82, 2.24) is 0 Å². The summed E-state index contributed by atoms with van der Waals surface area (Å²) in [6.07, 6.45) is 1.42. The largest absolute Gasteiger partial charge is 0.379 e. The monoisotopic (exact) mass is 202 g/mol. The fourth-order valence-electron chi connectivity index (χ4n) is 0.981. The fraction of sp³-hybridized carbons (Fsp3) is 1.00. The molecule has 0 heterocycles. The molecule has 1 atom stereocenters. The molecule has 86 valence electrons. The fourth-order valence-corrected chi connectivity index (χ4v) is 0.981. The molecule has 0 aliphatic heterocycles. The van der Waals surface area contributed by atoms with Crippen molar-refractivity contribution in [2.75, 3.05) is 13.2 Å². The van der Waals surface area contributed by atoms with Gasteiger partial charge in [-0.3, -0.25) is 0 Å². The van der Waals surface area contributed by atoms with Gasteiger partial charge in [0.25, 0.3) is 0 Å². The topological polar surface area (TPSA) is 18.5 Å². The first-order chi connectivity index (χ1) is 6.31. The highest BCUT2D eigenvalue weighted by atomic mass is 16.5. The van der Waals surface area contributed by atoms with Crippen LogP contribution in [0.15, 0.2) is 0 Å². The van der Waals surface area contributed by atoms with Gasteiger partial charge >= 0.3 is 0 Å². The Morgan fingerprint density at radius 1 is 1.07 bits per heavy atom. The maximum absolute atomic E-state index is 5.69. The first-order valence-corrected chi connectivity index (χ1v) is 5.57. The molecule has 0 rings (SSSR count). The standard InChI is InChI=1S/C12H26O2/c1-10(2)13-8-7-11(3)9-14-12(4,5)6/h10-11H,7-9H2,1-6H3/t11-/m1/s1. The maximum atomic E-state index is 5.69. The summed E-state index contributed by atoms with van der Waals surface area (Å²) in [6.45, 7) is 14.3. The Balaban J connectivity index is 3.42. The van der Waals surface area contributed by atoms with Gasteiger partial charge in [0.1, 0.15) is 0 Å². The van der Waals surface area contributed by atoms with Crippen LogP contribution in [0.1, 0.15) is 48.0 Å². The molecule has 0 bridgehead atoms. The molecule has 0 radical (unpaired) electrons. The Kier molecular flexibility index (Phi) is 6.38. The Hall–Kier alpha value is -0.0800. The molecule has 0 aliphatic carbocycles. The van der Waals surface area contributed by atoms with Crippen LogP contribution in [-0.4, -0.2) is 24.9 Å². The molecule has 0 unspecified atom stereocenters. The summed E-state index contributed by atoms with van der Waals surface area (Å²) in [5, 5.41) is 0. The van der Waals surface area contributed by atoms with Crippen LogP contribution in [0, 0.1) is 5.92 Å². The van der Waals surface area contributed by atoms with Gasteiger partial charge in [0.2, 0.25) is 0 Å². The Labute approximate surface area is 89.0 Å². The zero-order valence-electron chi connectivity index (χ0n) is 10.6. The molecular weight excluding hydrogens is 176 g/mol. The van der Waals surface area contributed by atoms with Crippen LogP contribution < -0.4 is 0 Å². The molecule has 14 heavy (non-hydrogen) atoms. The Morgan fingerprint density at radius 3 is 2.07 bits per heavy atom. The highest BCUT2D eigenvalue weighted by Crippen LogP contribution is 2.11. The summed E-state index contributed by atoms with van der Waals surface area (Å²) < 4.78 is 11.2. The van der Waals surface area contributed by atoms with E-state index in [9.17, 15) is 0 Å². The molecule has 0 aliphatic rings. The average Bonchev–Trinajstić information content (AvgIpc) is 1.99. The average molecular weight is 202 g/mol. The molecule has 0 amide bonds. The van der Waals surface area contributed by atoms with E-state index in [0.29, 0.717) is 12.0 Å². The quantitative estimate of drug-likeness (QED) is 0.658. The van der Waals surface area contributed by atoms with Gasteiger partial charge in [-0.2, -0.15) is 0 Å². The van der Waals surface area contributed by atoms with Gasteiger partial charge in [-0.1, -0.05) is 6.92 Å². The van der Waals surface area contributed by atoms with Crippen LogP contribution in [0.4, 0.5) is 0 Å². The lowest BCUT2D eigenvalue weighted by molar-refractivity contribution is -0.0269. The van der Waals surface area contributed by atoms with Crippen molar-refractivity contribution in [1.29, 1.82) is 0 Å². The van der Waals surface area contributed by atoms with E-state index in [1.807, 2.05) is 0 Å². The van der Waals surface area contributed by atoms with Crippen LogP contribution in [0.25, 0.3) is 0 Å². The van der Waals surface area contributed by atoms with Crippen molar-refractivity contribution < 1.29 is 9.47 Å². The molecule has 0 aromatic rings. The van der Waals surface area contributed by atoms with E-state index in [0.717, 1.165) is 19.6 Å². The number of ether oxygens (including phenoxy) is 2. The van der Waals surface area contributed by atoms with Crippen LogP contribution in [0.2, 0.25) is 0 Å². The molecule has 0 saturated heterocycles. The van der Waals surface area contributed by atoms with Gasteiger partial charge in [-0.15, -0.1) is 0 Å². The number of hydrogen-bond donors (Lipinski definition) is 0. The predicted molar refractivity (Wildman–Crippen MR) is 60.6 cm³/mol. The Bertz CT molecular complexity index is 136. The second-order valence-corrected chi connectivity index (χ2v) is 5.24. The molecule has 0 saturated carbocycles. The second-order valence-electron chi connectivity index (χ2n) is 5.24. The van der Waals surface area contributed by atoms with Crippen LogP contribution >= 0.6 is 0 Å². The van der Waals surface area contributed by atoms with Gasteiger partial charge in [0.15, 0.2) is 0 Å². The highest BCUT2D eigenvalue weighted by molar-refractivity contribution is 4.61. The molecule has 2 nitrogen and oxygen atoms in total. The van der Waals surface area contributed by atoms with Crippen molar-refractivity contribution in [2.45, 2.75) is 59.7 Å². The summed E-state index contributed by atoms with van der Waals surface area (Å²) in [7, 11) is 0. The van der Waals surface area contributed by atoms with E-state index in [2.05, 4.69) is 41.5 Å². The zero-order chi connectivity index (χ0) is 11.2. The summed E-state index contributed by atoms with van der Waals surface area (Å²) in [5.41, 5.74) is -0.0207. The van der Waals surface area contributed by atoms with Crippen LogP contribution in [0.3, 0.4) is 0 Å². The van der Waals surface area contributed by atoms with E-state index in [1.165, 1.54) is 0 Å². The van der Waals surface area contributed by atoms with Crippen molar-refractivity contribution in [3.8, 4) is 0 Å². The van der Waals surface area contributed by atoms with E-state index in [-0.39, 0.29) is 5.60 Å². The van der Waals surface area contributed by atoms with Crippen molar-refractivity contribution in [3.05, 3.63) is 0 Å². The molecule has 0 aromatic carbocycles. The van der Waals surface area contributed by atoms with Gasteiger partial charge in [-0.25, -0.2) is 0 Å². The summed E-state index contributed by atoms with van der Waals surface area (Å²) >= 11 is 0. The molecule has 0 aromatic heterocycles. The lowest BCUT2D eigenvalue weighted by Crippen LogP contribution is -2.23. The van der Waals surface area contributed by atoms with Gasteiger partial charge < -0.3 is 9.47 Å². The minimum Gasteiger partial charge on any atom is -0.379 e. The highest BCUT2D eigenvalue weighted by Gasteiger charge is 2.12. The Morgan fingerprint density at radius 2 is 1.64 bits per heavy atom. The van der Waals surface area contributed by atoms with Crippen molar-refractivity contribution >= 4 is 0 Å². The minimum atomic E-state index is -0.0207. The van der Waals surface area contributed by atoms with Gasteiger partial charge in [0, 0.05) is 13.2 Å². The smallest absolute Gasteiger partial charge is 0.0598 e. The molecule has 0 N–H and O–H groups in total. The van der Waals surface area contributed by atoms with Gasteiger partial charge in [0.05, 0.1) is 11.7 Å². The van der Waals surface area contributed by atoms with Crippen LogP contribution in [0.5, 0.6) is 0 Å². The van der Waals surface area contributed by atoms with Crippen LogP contribution in [-0.2, 0) is 9.47 Å². The zero-order valence-corrected chi connectivity index (χ0v) is 10.6. The van der Waals surface area contributed by atoms with E-state index >= 15 is 0 Å². The predicted octanol–water partition coefficient (Wildman–Crippen LogP) is 3.25. The maximum Gasteiger partial charge on any atom is 0.0598 e. The SMILES string of the molecule is CC(C)OCC[C@@H](C)COC(C)(C)C. The third-order valence-electron chi connectivity index (χ3n) is 1.86. The second kappa shape index (κ2) is 6.41. The summed E-state index contributed by atoms with van der Waals surface area (Å²) in [5.74, 6) is 0.577.